The van der Waals surface area contributed by atoms with Crippen LogP contribution < -0.4 is 5.32 Å². The summed E-state index contributed by atoms with van der Waals surface area (Å²) in [5.74, 6) is 0.279. The molecule has 0 aromatic carbocycles. The third kappa shape index (κ3) is 3.29. The minimum Gasteiger partial charge on any atom is -0.334 e. The van der Waals surface area contributed by atoms with E-state index in [-0.39, 0.29) is 5.91 Å². The molecule has 1 amide bonds. The molecule has 1 aliphatic heterocycles. The minimum atomic E-state index is -0.0540. The summed E-state index contributed by atoms with van der Waals surface area (Å²) in [5, 5.41) is 9.84. The van der Waals surface area contributed by atoms with E-state index in [1.165, 1.54) is 19.2 Å². The number of nitrogens with zero attached hydrogens (tertiary/aromatic N) is 3. The molecule has 100 valence electrons. The van der Waals surface area contributed by atoms with Gasteiger partial charge in [0.25, 0.3) is 5.91 Å². The Balaban J connectivity index is 1.96. The van der Waals surface area contributed by atoms with Crippen molar-refractivity contribution in [2.24, 2.45) is 0 Å². The molecule has 1 atom stereocenters. The number of aromatic nitrogens is 3. The van der Waals surface area contributed by atoms with Gasteiger partial charge in [-0.1, -0.05) is 13.3 Å². The van der Waals surface area contributed by atoms with Crippen molar-refractivity contribution < 1.29 is 4.79 Å². The SMILES string of the molecule is CCCN(CC1CCCCN1)C(=O)c1ncn[nH]1. The molecule has 1 saturated heterocycles. The fourth-order valence-electron chi connectivity index (χ4n) is 2.35. The van der Waals surface area contributed by atoms with E-state index in [2.05, 4.69) is 27.4 Å². The number of hydrogen-bond acceptors (Lipinski definition) is 4. The Labute approximate surface area is 107 Å². The number of piperidine rings is 1. The predicted octanol–water partition coefficient (Wildman–Crippen LogP) is 0.799. The monoisotopic (exact) mass is 251 g/mol. The molecule has 1 aromatic rings. The molecule has 0 spiro atoms. The maximum atomic E-state index is 12.2. The molecule has 2 rings (SSSR count). The Morgan fingerprint density at radius 1 is 1.56 bits per heavy atom. The number of amides is 1. The summed E-state index contributed by atoms with van der Waals surface area (Å²) in [6.07, 6.45) is 5.95. The van der Waals surface area contributed by atoms with E-state index in [1.54, 1.807) is 0 Å². The molecule has 1 aliphatic rings. The van der Waals surface area contributed by atoms with Gasteiger partial charge >= 0.3 is 0 Å². The Morgan fingerprint density at radius 3 is 3.06 bits per heavy atom. The van der Waals surface area contributed by atoms with Gasteiger partial charge in [-0.25, -0.2) is 4.98 Å². The lowest BCUT2D eigenvalue weighted by Crippen LogP contribution is -2.46. The maximum absolute atomic E-state index is 12.2. The molecule has 2 heterocycles. The lowest BCUT2D eigenvalue weighted by Gasteiger charge is -2.30. The third-order valence-corrected chi connectivity index (χ3v) is 3.25. The molecule has 0 saturated carbocycles. The lowest BCUT2D eigenvalue weighted by molar-refractivity contribution is 0.0720. The molecule has 0 bridgehead atoms. The number of nitrogens with one attached hydrogen (secondary N) is 2. The number of aromatic amines is 1. The second-order valence-electron chi connectivity index (χ2n) is 4.73. The van der Waals surface area contributed by atoms with Crippen LogP contribution in [-0.4, -0.2) is 51.7 Å². The van der Waals surface area contributed by atoms with Crippen molar-refractivity contribution in [3.8, 4) is 0 Å². The highest BCUT2D eigenvalue weighted by atomic mass is 16.2. The summed E-state index contributed by atoms with van der Waals surface area (Å²) in [6.45, 7) is 4.65. The zero-order chi connectivity index (χ0) is 12.8. The van der Waals surface area contributed by atoms with Crippen LogP contribution in [0.5, 0.6) is 0 Å². The Hall–Kier alpha value is -1.43. The third-order valence-electron chi connectivity index (χ3n) is 3.25. The van der Waals surface area contributed by atoms with Crippen LogP contribution in [0.3, 0.4) is 0 Å². The molecule has 18 heavy (non-hydrogen) atoms. The molecule has 6 heteroatoms. The average molecular weight is 251 g/mol. The molecule has 1 unspecified atom stereocenters. The first-order valence-corrected chi connectivity index (χ1v) is 6.69. The maximum Gasteiger partial charge on any atom is 0.291 e. The van der Waals surface area contributed by atoms with Crippen LogP contribution >= 0.6 is 0 Å². The number of carbonyl (C=O) groups is 1. The van der Waals surface area contributed by atoms with E-state index in [4.69, 9.17) is 0 Å². The van der Waals surface area contributed by atoms with Gasteiger partial charge in [0.2, 0.25) is 5.82 Å². The normalized spacial score (nSPS) is 19.7. The first-order valence-electron chi connectivity index (χ1n) is 6.69. The number of H-pyrrole nitrogens is 1. The summed E-state index contributed by atoms with van der Waals surface area (Å²) in [7, 11) is 0. The Bertz CT molecular complexity index is 359. The molecule has 1 fully saturated rings. The van der Waals surface area contributed by atoms with Gasteiger partial charge in [0, 0.05) is 19.1 Å². The van der Waals surface area contributed by atoms with E-state index in [0.29, 0.717) is 11.9 Å². The molecular weight excluding hydrogens is 230 g/mol. The van der Waals surface area contributed by atoms with Gasteiger partial charge < -0.3 is 10.2 Å². The lowest BCUT2D eigenvalue weighted by atomic mass is 10.0. The van der Waals surface area contributed by atoms with Crippen molar-refractivity contribution in [2.75, 3.05) is 19.6 Å². The van der Waals surface area contributed by atoms with Crippen LogP contribution in [0.2, 0.25) is 0 Å². The van der Waals surface area contributed by atoms with Crippen molar-refractivity contribution in [3.05, 3.63) is 12.2 Å². The molecule has 0 aliphatic carbocycles. The van der Waals surface area contributed by atoms with Crippen LogP contribution in [0.4, 0.5) is 0 Å². The van der Waals surface area contributed by atoms with Crippen LogP contribution in [0, 0.1) is 0 Å². The first-order chi connectivity index (χ1) is 8.81. The largest absolute Gasteiger partial charge is 0.334 e. The molecule has 2 N–H and O–H groups in total. The summed E-state index contributed by atoms with van der Waals surface area (Å²) in [5.41, 5.74) is 0. The highest BCUT2D eigenvalue weighted by Gasteiger charge is 2.22. The summed E-state index contributed by atoms with van der Waals surface area (Å²) < 4.78 is 0. The predicted molar refractivity (Wildman–Crippen MR) is 68.2 cm³/mol. The second kappa shape index (κ2) is 6.49. The van der Waals surface area contributed by atoms with E-state index >= 15 is 0 Å². The molecule has 6 nitrogen and oxygen atoms in total. The van der Waals surface area contributed by atoms with Gasteiger partial charge in [-0.3, -0.25) is 9.89 Å². The highest BCUT2D eigenvalue weighted by Crippen LogP contribution is 2.10. The fourth-order valence-corrected chi connectivity index (χ4v) is 2.35. The topological polar surface area (TPSA) is 73.9 Å². The Kier molecular flexibility index (Phi) is 4.69. The van der Waals surface area contributed by atoms with Gasteiger partial charge in [0.15, 0.2) is 0 Å². The zero-order valence-corrected chi connectivity index (χ0v) is 10.9. The Morgan fingerprint density at radius 2 is 2.44 bits per heavy atom. The van der Waals surface area contributed by atoms with E-state index in [0.717, 1.165) is 32.5 Å². The zero-order valence-electron chi connectivity index (χ0n) is 10.9. The molecular formula is C12H21N5O. The van der Waals surface area contributed by atoms with Gasteiger partial charge in [0.05, 0.1) is 0 Å². The van der Waals surface area contributed by atoms with Crippen molar-refractivity contribution in [1.82, 2.24) is 25.4 Å². The minimum absolute atomic E-state index is 0.0540. The second-order valence-corrected chi connectivity index (χ2v) is 4.73. The fraction of sp³-hybridized carbons (Fsp3) is 0.750. The van der Waals surface area contributed by atoms with E-state index in [9.17, 15) is 4.79 Å². The summed E-state index contributed by atoms with van der Waals surface area (Å²) >= 11 is 0. The van der Waals surface area contributed by atoms with Gasteiger partial charge in [-0.15, -0.1) is 0 Å². The van der Waals surface area contributed by atoms with Crippen molar-refractivity contribution >= 4 is 5.91 Å². The van der Waals surface area contributed by atoms with Crippen LogP contribution in [0.15, 0.2) is 6.33 Å². The number of rotatable bonds is 5. The van der Waals surface area contributed by atoms with Crippen molar-refractivity contribution in [3.63, 3.8) is 0 Å². The van der Waals surface area contributed by atoms with Gasteiger partial charge in [-0.05, 0) is 25.8 Å². The first kappa shape index (κ1) is 13.0. The van der Waals surface area contributed by atoms with Crippen LogP contribution in [-0.2, 0) is 0 Å². The van der Waals surface area contributed by atoms with Gasteiger partial charge in [-0.2, -0.15) is 5.10 Å². The number of hydrogen-bond donors (Lipinski definition) is 2. The van der Waals surface area contributed by atoms with E-state index in [1.807, 2.05) is 4.90 Å². The van der Waals surface area contributed by atoms with Crippen LogP contribution in [0.25, 0.3) is 0 Å². The summed E-state index contributed by atoms with van der Waals surface area (Å²) in [6, 6.07) is 0.414. The van der Waals surface area contributed by atoms with Crippen LogP contribution in [0.1, 0.15) is 43.2 Å². The van der Waals surface area contributed by atoms with E-state index < -0.39 is 0 Å². The molecule has 1 aromatic heterocycles. The summed E-state index contributed by atoms with van der Waals surface area (Å²) in [4.78, 5) is 18.0. The average Bonchev–Trinajstić information content (AvgIpc) is 2.92. The van der Waals surface area contributed by atoms with Gasteiger partial charge in [0.1, 0.15) is 6.33 Å². The molecule has 0 radical (unpaired) electrons. The number of carbonyl (C=O) groups excluding carboxylic acids is 1. The van der Waals surface area contributed by atoms with Crippen molar-refractivity contribution in [2.45, 2.75) is 38.6 Å². The quantitative estimate of drug-likeness (QED) is 0.811. The smallest absolute Gasteiger partial charge is 0.291 e. The standard InChI is InChI=1S/C12H21N5O/c1-2-7-17(8-10-5-3-4-6-13-10)12(18)11-14-9-15-16-11/h9-10,13H,2-8H2,1H3,(H,14,15,16). The van der Waals surface area contributed by atoms with Crippen molar-refractivity contribution in [1.29, 1.82) is 0 Å². The highest BCUT2D eigenvalue weighted by molar-refractivity contribution is 5.90.